The summed E-state index contributed by atoms with van der Waals surface area (Å²) in [4.78, 5) is 8.45. The predicted octanol–water partition coefficient (Wildman–Crippen LogP) is 2.38. The molecule has 2 aromatic rings. The standard InChI is InChI=1S/C19H25F3N6/c1-23-18(24-7-6-15-13-25-26(2)14-15)28-10-8-27(9-11-28)17-5-3-4-16(12-17)19(20,21)22/h3-5,12-14H,6-11H2,1-2H3,(H,23,24). The first kappa shape index (κ1) is 20.0. The Morgan fingerprint density at radius 3 is 2.57 bits per heavy atom. The van der Waals surface area contributed by atoms with Gasteiger partial charge in [0.05, 0.1) is 11.8 Å². The average molecular weight is 394 g/mol. The van der Waals surface area contributed by atoms with Gasteiger partial charge in [0.1, 0.15) is 0 Å². The van der Waals surface area contributed by atoms with Crippen molar-refractivity contribution in [2.45, 2.75) is 12.6 Å². The molecule has 2 heterocycles. The minimum atomic E-state index is -4.32. The molecule has 1 saturated heterocycles. The molecule has 0 atom stereocenters. The van der Waals surface area contributed by atoms with Gasteiger partial charge in [-0.1, -0.05) is 6.07 Å². The fourth-order valence-electron chi connectivity index (χ4n) is 3.31. The van der Waals surface area contributed by atoms with Crippen molar-refractivity contribution in [2.24, 2.45) is 12.0 Å². The summed E-state index contributed by atoms with van der Waals surface area (Å²) in [6.07, 6.45) is 0.353. The Hall–Kier alpha value is -2.71. The Kier molecular flexibility index (Phi) is 6.11. The summed E-state index contributed by atoms with van der Waals surface area (Å²) in [5.41, 5.74) is 1.15. The molecular formula is C19H25F3N6. The molecule has 1 N–H and O–H groups in total. The number of anilines is 1. The van der Waals surface area contributed by atoms with Gasteiger partial charge in [0.2, 0.25) is 0 Å². The van der Waals surface area contributed by atoms with Crippen LogP contribution in [-0.2, 0) is 19.6 Å². The van der Waals surface area contributed by atoms with Crippen molar-refractivity contribution >= 4 is 11.6 Å². The second-order valence-corrected chi connectivity index (χ2v) is 6.77. The van der Waals surface area contributed by atoms with Gasteiger partial charge in [-0.25, -0.2) is 0 Å². The van der Waals surface area contributed by atoms with Crippen LogP contribution < -0.4 is 10.2 Å². The van der Waals surface area contributed by atoms with Gasteiger partial charge in [0.25, 0.3) is 0 Å². The molecule has 1 fully saturated rings. The first-order chi connectivity index (χ1) is 13.4. The van der Waals surface area contributed by atoms with Crippen LogP contribution in [0.25, 0.3) is 0 Å². The Balaban J connectivity index is 1.52. The summed E-state index contributed by atoms with van der Waals surface area (Å²) in [5.74, 6) is 0.813. The number of aliphatic imine (C=N–C) groups is 1. The lowest BCUT2D eigenvalue weighted by atomic mass is 10.1. The van der Waals surface area contributed by atoms with Gasteiger partial charge in [0, 0.05) is 58.7 Å². The Morgan fingerprint density at radius 1 is 1.21 bits per heavy atom. The molecular weight excluding hydrogens is 369 g/mol. The smallest absolute Gasteiger partial charge is 0.368 e. The summed E-state index contributed by atoms with van der Waals surface area (Å²) in [6, 6.07) is 5.51. The Morgan fingerprint density at radius 2 is 1.96 bits per heavy atom. The number of rotatable bonds is 4. The summed E-state index contributed by atoms with van der Waals surface area (Å²) in [6.45, 7) is 3.42. The van der Waals surface area contributed by atoms with Crippen molar-refractivity contribution in [3.8, 4) is 0 Å². The van der Waals surface area contributed by atoms with E-state index in [2.05, 4.69) is 20.3 Å². The van der Waals surface area contributed by atoms with Gasteiger partial charge in [-0.05, 0) is 30.2 Å². The van der Waals surface area contributed by atoms with Crippen molar-refractivity contribution in [3.63, 3.8) is 0 Å². The molecule has 1 aromatic heterocycles. The molecule has 1 aliphatic heterocycles. The average Bonchev–Trinajstić information content (AvgIpc) is 3.10. The molecule has 6 nitrogen and oxygen atoms in total. The van der Waals surface area contributed by atoms with Crippen molar-refractivity contribution < 1.29 is 13.2 Å². The van der Waals surface area contributed by atoms with E-state index in [9.17, 15) is 13.2 Å². The molecule has 0 saturated carbocycles. The van der Waals surface area contributed by atoms with Gasteiger partial charge >= 0.3 is 6.18 Å². The minimum Gasteiger partial charge on any atom is -0.368 e. The van der Waals surface area contributed by atoms with Crippen LogP contribution in [0.15, 0.2) is 41.7 Å². The van der Waals surface area contributed by atoms with Crippen LogP contribution in [0.1, 0.15) is 11.1 Å². The molecule has 9 heteroatoms. The van der Waals surface area contributed by atoms with Crippen LogP contribution in [0, 0.1) is 0 Å². The van der Waals surface area contributed by atoms with E-state index < -0.39 is 11.7 Å². The molecule has 152 valence electrons. The van der Waals surface area contributed by atoms with E-state index in [1.165, 1.54) is 12.1 Å². The highest BCUT2D eigenvalue weighted by Gasteiger charge is 2.31. The number of nitrogens with one attached hydrogen (secondary N) is 1. The van der Waals surface area contributed by atoms with E-state index in [0.29, 0.717) is 31.9 Å². The maximum absolute atomic E-state index is 12.9. The van der Waals surface area contributed by atoms with Crippen LogP contribution in [0.4, 0.5) is 18.9 Å². The number of aromatic nitrogens is 2. The molecule has 3 rings (SSSR count). The number of alkyl halides is 3. The number of halogens is 3. The van der Waals surface area contributed by atoms with Crippen molar-refractivity contribution in [2.75, 3.05) is 44.7 Å². The van der Waals surface area contributed by atoms with E-state index in [-0.39, 0.29) is 0 Å². The quantitative estimate of drug-likeness (QED) is 0.639. The number of hydrogen-bond donors (Lipinski definition) is 1. The normalized spacial score (nSPS) is 15.8. The third-order valence-electron chi connectivity index (χ3n) is 4.78. The summed E-state index contributed by atoms with van der Waals surface area (Å²) < 4.78 is 40.6. The zero-order valence-electron chi connectivity index (χ0n) is 16.1. The number of hydrogen-bond acceptors (Lipinski definition) is 3. The number of guanidine groups is 1. The largest absolute Gasteiger partial charge is 0.416 e. The van der Waals surface area contributed by atoms with Crippen LogP contribution in [0.5, 0.6) is 0 Å². The van der Waals surface area contributed by atoms with Crippen molar-refractivity contribution in [3.05, 3.63) is 47.8 Å². The zero-order valence-corrected chi connectivity index (χ0v) is 16.1. The lowest BCUT2D eigenvalue weighted by Crippen LogP contribution is -2.52. The topological polar surface area (TPSA) is 48.7 Å². The lowest BCUT2D eigenvalue weighted by molar-refractivity contribution is -0.137. The van der Waals surface area contributed by atoms with E-state index >= 15 is 0 Å². The summed E-state index contributed by atoms with van der Waals surface area (Å²) in [7, 11) is 3.63. The monoisotopic (exact) mass is 394 g/mol. The third kappa shape index (κ3) is 4.96. The fourth-order valence-corrected chi connectivity index (χ4v) is 3.31. The first-order valence-electron chi connectivity index (χ1n) is 9.22. The number of nitrogens with zero attached hydrogens (tertiary/aromatic N) is 5. The van der Waals surface area contributed by atoms with Crippen LogP contribution in [0.3, 0.4) is 0 Å². The van der Waals surface area contributed by atoms with Gasteiger partial charge in [-0.15, -0.1) is 0 Å². The first-order valence-corrected chi connectivity index (χ1v) is 9.22. The number of benzene rings is 1. The molecule has 0 unspecified atom stereocenters. The summed E-state index contributed by atoms with van der Waals surface area (Å²) >= 11 is 0. The predicted molar refractivity (Wildman–Crippen MR) is 104 cm³/mol. The zero-order chi connectivity index (χ0) is 20.1. The molecule has 1 aromatic carbocycles. The van der Waals surface area contributed by atoms with Crippen molar-refractivity contribution in [1.82, 2.24) is 20.0 Å². The van der Waals surface area contributed by atoms with Gasteiger partial charge in [-0.3, -0.25) is 9.67 Å². The lowest BCUT2D eigenvalue weighted by Gasteiger charge is -2.37. The van der Waals surface area contributed by atoms with Gasteiger partial charge in [-0.2, -0.15) is 18.3 Å². The van der Waals surface area contributed by atoms with E-state index in [1.807, 2.05) is 24.3 Å². The van der Waals surface area contributed by atoms with E-state index in [0.717, 1.165) is 30.6 Å². The van der Waals surface area contributed by atoms with Crippen LogP contribution in [0.2, 0.25) is 0 Å². The summed E-state index contributed by atoms with van der Waals surface area (Å²) in [5, 5.41) is 7.51. The molecule has 0 bridgehead atoms. The maximum atomic E-state index is 12.9. The fraction of sp³-hybridized carbons (Fsp3) is 0.474. The van der Waals surface area contributed by atoms with E-state index in [1.54, 1.807) is 17.8 Å². The SMILES string of the molecule is CN=C(NCCc1cnn(C)c1)N1CCN(c2cccc(C(F)(F)F)c2)CC1. The second kappa shape index (κ2) is 8.53. The highest BCUT2D eigenvalue weighted by Crippen LogP contribution is 2.31. The molecule has 0 aliphatic carbocycles. The van der Waals surface area contributed by atoms with Gasteiger partial charge in [0.15, 0.2) is 5.96 Å². The van der Waals surface area contributed by atoms with Crippen LogP contribution >= 0.6 is 0 Å². The Labute approximate surface area is 162 Å². The third-order valence-corrected chi connectivity index (χ3v) is 4.78. The number of piperazine rings is 1. The van der Waals surface area contributed by atoms with Crippen molar-refractivity contribution in [1.29, 1.82) is 0 Å². The number of aryl methyl sites for hydroxylation is 1. The maximum Gasteiger partial charge on any atom is 0.416 e. The highest BCUT2D eigenvalue weighted by molar-refractivity contribution is 5.80. The molecule has 0 amide bonds. The Bertz CT molecular complexity index is 806. The molecule has 1 aliphatic rings. The second-order valence-electron chi connectivity index (χ2n) is 6.77. The highest BCUT2D eigenvalue weighted by atomic mass is 19.4. The molecule has 28 heavy (non-hydrogen) atoms. The minimum absolute atomic E-state index is 0.606. The van der Waals surface area contributed by atoms with Crippen LogP contribution in [-0.4, -0.2) is 60.4 Å². The molecule has 0 radical (unpaired) electrons. The van der Waals surface area contributed by atoms with Gasteiger partial charge < -0.3 is 15.1 Å². The van der Waals surface area contributed by atoms with E-state index in [4.69, 9.17) is 0 Å². The molecule has 0 spiro atoms.